The normalized spacial score (nSPS) is 22.2. The Bertz CT molecular complexity index is 506. The van der Waals surface area contributed by atoms with Gasteiger partial charge in [-0.05, 0) is 38.7 Å². The first-order chi connectivity index (χ1) is 10.1. The number of hydrogen-bond donors (Lipinski definition) is 1. The highest BCUT2D eigenvalue weighted by atomic mass is 16.5. The number of rotatable bonds is 2. The molecule has 21 heavy (non-hydrogen) atoms. The van der Waals surface area contributed by atoms with Crippen LogP contribution in [0.1, 0.15) is 50.0 Å². The summed E-state index contributed by atoms with van der Waals surface area (Å²) in [5, 5.41) is 7.84. The summed E-state index contributed by atoms with van der Waals surface area (Å²) in [6.07, 6.45) is 5.27. The molecule has 0 aromatic carbocycles. The summed E-state index contributed by atoms with van der Waals surface area (Å²) in [4.78, 5) is 14.2. The molecule has 1 fully saturated rings. The van der Waals surface area contributed by atoms with Crippen molar-refractivity contribution in [3.8, 4) is 0 Å². The minimum Gasteiger partial charge on any atom is -0.378 e. The van der Waals surface area contributed by atoms with Crippen LogP contribution in [-0.4, -0.2) is 47.0 Å². The van der Waals surface area contributed by atoms with Gasteiger partial charge in [0, 0.05) is 25.3 Å². The smallest absolute Gasteiger partial charge is 0.318 e. The number of hydrogen-bond acceptors (Lipinski definition) is 3. The Morgan fingerprint density at radius 2 is 2.19 bits per heavy atom. The quantitative estimate of drug-likeness (QED) is 0.905. The molecule has 2 amide bonds. The van der Waals surface area contributed by atoms with Gasteiger partial charge in [0.2, 0.25) is 0 Å². The van der Waals surface area contributed by atoms with Crippen LogP contribution in [0.25, 0.3) is 0 Å². The summed E-state index contributed by atoms with van der Waals surface area (Å²) >= 11 is 0. The molecule has 1 aromatic rings. The van der Waals surface area contributed by atoms with Gasteiger partial charge in [-0.15, -0.1) is 0 Å². The van der Waals surface area contributed by atoms with Gasteiger partial charge in [-0.1, -0.05) is 0 Å². The van der Waals surface area contributed by atoms with Gasteiger partial charge < -0.3 is 15.0 Å². The van der Waals surface area contributed by atoms with Crippen molar-refractivity contribution in [2.75, 3.05) is 26.3 Å². The van der Waals surface area contributed by atoms with E-state index in [0.717, 1.165) is 25.0 Å². The molecule has 2 heterocycles. The van der Waals surface area contributed by atoms with E-state index in [1.807, 2.05) is 9.58 Å². The average molecular weight is 292 g/mol. The Kier molecular flexibility index (Phi) is 4.14. The van der Waals surface area contributed by atoms with E-state index in [-0.39, 0.29) is 12.1 Å². The zero-order valence-electron chi connectivity index (χ0n) is 12.8. The van der Waals surface area contributed by atoms with Crippen molar-refractivity contribution in [2.24, 2.45) is 0 Å². The maximum atomic E-state index is 12.3. The van der Waals surface area contributed by atoms with Gasteiger partial charge in [0.1, 0.15) is 0 Å². The first-order valence-electron chi connectivity index (χ1n) is 7.86. The Morgan fingerprint density at radius 1 is 1.43 bits per heavy atom. The number of ether oxygens (including phenoxy) is 1. The van der Waals surface area contributed by atoms with Crippen molar-refractivity contribution >= 4 is 6.03 Å². The lowest BCUT2D eigenvalue weighted by Crippen LogP contribution is -2.47. The molecule has 6 nitrogen and oxygen atoms in total. The van der Waals surface area contributed by atoms with Crippen molar-refractivity contribution in [2.45, 2.75) is 45.2 Å². The summed E-state index contributed by atoms with van der Waals surface area (Å²) in [5.74, 6) is 0. The van der Waals surface area contributed by atoms with E-state index in [1.165, 1.54) is 5.56 Å². The Labute approximate surface area is 125 Å². The van der Waals surface area contributed by atoms with Crippen LogP contribution in [0.3, 0.4) is 0 Å². The Balaban J connectivity index is 1.71. The first kappa shape index (κ1) is 14.4. The fraction of sp³-hybridized carbons (Fsp3) is 0.733. The van der Waals surface area contributed by atoms with Crippen LogP contribution in [0.4, 0.5) is 4.79 Å². The van der Waals surface area contributed by atoms with Gasteiger partial charge in [0.25, 0.3) is 0 Å². The number of morpholine rings is 1. The van der Waals surface area contributed by atoms with E-state index in [1.54, 1.807) is 0 Å². The molecule has 1 unspecified atom stereocenters. The fourth-order valence-electron chi connectivity index (χ4n) is 2.97. The van der Waals surface area contributed by atoms with Crippen molar-refractivity contribution in [1.82, 2.24) is 20.0 Å². The molecule has 116 valence electrons. The van der Waals surface area contributed by atoms with Crippen LogP contribution < -0.4 is 5.32 Å². The van der Waals surface area contributed by atoms with Crippen LogP contribution in [0.2, 0.25) is 0 Å². The van der Waals surface area contributed by atoms with E-state index in [4.69, 9.17) is 4.74 Å². The molecule has 0 bridgehead atoms. The largest absolute Gasteiger partial charge is 0.378 e. The average Bonchev–Trinajstić information content (AvgIpc) is 2.93. The minimum absolute atomic E-state index is 0.00949. The van der Waals surface area contributed by atoms with Gasteiger partial charge in [0.15, 0.2) is 0 Å². The summed E-state index contributed by atoms with van der Waals surface area (Å²) < 4.78 is 7.29. The molecule has 3 rings (SSSR count). The van der Waals surface area contributed by atoms with Crippen molar-refractivity contribution < 1.29 is 9.53 Å². The number of nitrogens with one attached hydrogen (secondary N) is 1. The van der Waals surface area contributed by atoms with Gasteiger partial charge in [0.05, 0.1) is 24.9 Å². The second-order valence-electron chi connectivity index (χ2n) is 6.11. The Hall–Kier alpha value is -1.56. The van der Waals surface area contributed by atoms with E-state index in [2.05, 4.69) is 30.5 Å². The highest BCUT2D eigenvalue weighted by Gasteiger charge is 2.27. The molecule has 0 radical (unpaired) electrons. The number of urea groups is 1. The predicted octanol–water partition coefficient (Wildman–Crippen LogP) is 1.88. The van der Waals surface area contributed by atoms with Gasteiger partial charge in [-0.25, -0.2) is 4.79 Å². The van der Waals surface area contributed by atoms with Crippen molar-refractivity contribution in [1.29, 1.82) is 0 Å². The molecule has 1 aliphatic heterocycles. The topological polar surface area (TPSA) is 59.4 Å². The summed E-state index contributed by atoms with van der Waals surface area (Å²) in [5.41, 5.74) is 2.33. The third kappa shape index (κ3) is 3.05. The van der Waals surface area contributed by atoms with Crippen molar-refractivity contribution in [3.05, 3.63) is 17.5 Å². The third-order valence-electron chi connectivity index (χ3n) is 4.23. The summed E-state index contributed by atoms with van der Waals surface area (Å²) in [6.45, 7) is 6.86. The fourth-order valence-corrected chi connectivity index (χ4v) is 2.97. The monoisotopic (exact) mass is 292 g/mol. The number of aryl methyl sites for hydroxylation is 1. The van der Waals surface area contributed by atoms with Gasteiger partial charge in [-0.2, -0.15) is 5.10 Å². The van der Waals surface area contributed by atoms with Crippen LogP contribution in [0, 0.1) is 0 Å². The number of carbonyl (C=O) groups is 1. The van der Waals surface area contributed by atoms with Gasteiger partial charge in [-0.3, -0.25) is 4.68 Å². The zero-order valence-corrected chi connectivity index (χ0v) is 12.8. The van der Waals surface area contributed by atoms with Crippen LogP contribution in [0.5, 0.6) is 0 Å². The molecular formula is C15H24N4O2. The van der Waals surface area contributed by atoms with Crippen LogP contribution >= 0.6 is 0 Å². The maximum absolute atomic E-state index is 12.3. The van der Waals surface area contributed by atoms with Crippen LogP contribution in [-0.2, 0) is 11.2 Å². The standard InChI is InChI=1S/C15H24N4O2/c1-11(2)19-10-12-4-3-5-13(14(12)17-19)16-15(20)18-6-8-21-9-7-18/h10-11,13H,3-9H2,1-2H3,(H,16,20). The van der Waals surface area contributed by atoms with E-state index in [0.29, 0.717) is 32.3 Å². The van der Waals surface area contributed by atoms with Gasteiger partial charge >= 0.3 is 6.03 Å². The number of aromatic nitrogens is 2. The number of amides is 2. The predicted molar refractivity (Wildman–Crippen MR) is 79.2 cm³/mol. The lowest BCUT2D eigenvalue weighted by atomic mass is 9.94. The lowest BCUT2D eigenvalue weighted by molar-refractivity contribution is 0.0523. The summed E-state index contributed by atoms with van der Waals surface area (Å²) in [7, 11) is 0. The molecule has 1 aromatic heterocycles. The maximum Gasteiger partial charge on any atom is 0.318 e. The SMILES string of the molecule is CC(C)n1cc2c(n1)C(NC(=O)N1CCOCC1)CCC2. The number of fused-ring (bicyclic) bond motifs is 1. The molecule has 2 aliphatic rings. The zero-order chi connectivity index (χ0) is 14.8. The number of nitrogens with zero attached hydrogens (tertiary/aromatic N) is 3. The highest BCUT2D eigenvalue weighted by Crippen LogP contribution is 2.29. The minimum atomic E-state index is 0.00949. The lowest BCUT2D eigenvalue weighted by Gasteiger charge is -2.30. The molecular weight excluding hydrogens is 268 g/mol. The molecule has 1 saturated heterocycles. The molecule has 0 spiro atoms. The van der Waals surface area contributed by atoms with Crippen LogP contribution in [0.15, 0.2) is 6.20 Å². The Morgan fingerprint density at radius 3 is 2.90 bits per heavy atom. The molecule has 1 N–H and O–H groups in total. The van der Waals surface area contributed by atoms with Crippen molar-refractivity contribution in [3.63, 3.8) is 0 Å². The molecule has 1 atom stereocenters. The van der Waals surface area contributed by atoms with E-state index in [9.17, 15) is 4.79 Å². The number of carbonyl (C=O) groups excluding carboxylic acids is 1. The highest BCUT2D eigenvalue weighted by molar-refractivity contribution is 5.74. The molecule has 1 aliphatic carbocycles. The molecule has 0 saturated carbocycles. The second-order valence-corrected chi connectivity index (χ2v) is 6.11. The first-order valence-corrected chi connectivity index (χ1v) is 7.86. The van der Waals surface area contributed by atoms with E-state index < -0.39 is 0 Å². The van der Waals surface area contributed by atoms with E-state index >= 15 is 0 Å². The summed E-state index contributed by atoms with van der Waals surface area (Å²) in [6, 6.07) is 0.408. The molecule has 6 heteroatoms. The third-order valence-corrected chi connectivity index (χ3v) is 4.23. The second kappa shape index (κ2) is 6.05.